The first-order chi connectivity index (χ1) is 8.97. The third-order valence-corrected chi connectivity index (χ3v) is 3.62. The maximum Gasteiger partial charge on any atom is 0.244 e. The molecule has 0 aliphatic heterocycles. The lowest BCUT2D eigenvalue weighted by atomic mass is 9.80. The van der Waals surface area contributed by atoms with Crippen LogP contribution in [0.5, 0.6) is 0 Å². The predicted molar refractivity (Wildman–Crippen MR) is 77.3 cm³/mol. The maximum absolute atomic E-state index is 11.6. The number of nitrogens with one attached hydrogen (secondary N) is 1. The third-order valence-electron chi connectivity index (χ3n) is 3.19. The van der Waals surface area contributed by atoms with E-state index in [1.165, 1.54) is 6.08 Å². The molecule has 19 heavy (non-hydrogen) atoms. The van der Waals surface area contributed by atoms with Gasteiger partial charge in [0.05, 0.1) is 5.60 Å². The Labute approximate surface area is 122 Å². The van der Waals surface area contributed by atoms with Gasteiger partial charge in [-0.25, -0.2) is 0 Å². The van der Waals surface area contributed by atoms with Crippen molar-refractivity contribution in [3.8, 4) is 0 Å². The average Bonchev–Trinajstić information content (AvgIpc) is 2.30. The van der Waals surface area contributed by atoms with Crippen LogP contribution in [0.3, 0.4) is 0 Å². The van der Waals surface area contributed by atoms with Crippen molar-refractivity contribution < 1.29 is 9.90 Å². The Hall–Kier alpha value is -1.03. The number of hydrogen-bond donors (Lipinski definition) is 2. The van der Waals surface area contributed by atoms with Gasteiger partial charge in [0, 0.05) is 22.7 Å². The van der Waals surface area contributed by atoms with E-state index >= 15 is 0 Å². The van der Waals surface area contributed by atoms with Gasteiger partial charge in [0.25, 0.3) is 0 Å². The molecule has 3 nitrogen and oxygen atoms in total. The zero-order chi connectivity index (χ0) is 13.9. The van der Waals surface area contributed by atoms with Crippen LogP contribution in [0.4, 0.5) is 0 Å². The van der Waals surface area contributed by atoms with Gasteiger partial charge in [-0.3, -0.25) is 4.79 Å². The lowest BCUT2D eigenvalue weighted by Gasteiger charge is -2.36. The summed E-state index contributed by atoms with van der Waals surface area (Å²) >= 11 is 11.7. The van der Waals surface area contributed by atoms with Crippen molar-refractivity contribution in [3.05, 3.63) is 39.9 Å². The number of benzene rings is 1. The minimum Gasteiger partial charge on any atom is -0.388 e. The van der Waals surface area contributed by atoms with Crippen molar-refractivity contribution in [2.45, 2.75) is 24.9 Å². The molecule has 1 amide bonds. The summed E-state index contributed by atoms with van der Waals surface area (Å²) in [6.07, 6.45) is 5.56. The Morgan fingerprint density at radius 3 is 2.47 bits per heavy atom. The minimum absolute atomic E-state index is 0.239. The highest BCUT2D eigenvalue weighted by Crippen LogP contribution is 2.30. The lowest BCUT2D eigenvalue weighted by molar-refractivity contribution is -0.118. The fourth-order valence-corrected chi connectivity index (χ4v) is 2.46. The number of hydrogen-bond acceptors (Lipinski definition) is 2. The van der Waals surface area contributed by atoms with E-state index in [2.05, 4.69) is 5.32 Å². The van der Waals surface area contributed by atoms with Gasteiger partial charge < -0.3 is 10.4 Å². The first-order valence-electron chi connectivity index (χ1n) is 6.11. The number of halogens is 2. The molecular weight excluding hydrogens is 285 g/mol. The summed E-state index contributed by atoms with van der Waals surface area (Å²) in [6, 6.07) is 5.07. The fraction of sp³-hybridized carbons (Fsp3) is 0.357. The molecule has 0 saturated heterocycles. The fourth-order valence-electron chi connectivity index (χ4n) is 1.92. The zero-order valence-corrected chi connectivity index (χ0v) is 11.8. The molecule has 1 aliphatic rings. The van der Waals surface area contributed by atoms with Crippen LogP contribution in [0.25, 0.3) is 6.08 Å². The monoisotopic (exact) mass is 299 g/mol. The van der Waals surface area contributed by atoms with Gasteiger partial charge in [0.1, 0.15) is 0 Å². The summed E-state index contributed by atoms with van der Waals surface area (Å²) in [7, 11) is 0. The second kappa shape index (κ2) is 5.95. The molecule has 102 valence electrons. The van der Waals surface area contributed by atoms with Crippen molar-refractivity contribution in [3.63, 3.8) is 0 Å². The van der Waals surface area contributed by atoms with Crippen LogP contribution in [0, 0.1) is 0 Å². The van der Waals surface area contributed by atoms with E-state index in [1.54, 1.807) is 24.3 Å². The maximum atomic E-state index is 11.6. The van der Waals surface area contributed by atoms with Crippen LogP contribution in [-0.2, 0) is 4.79 Å². The first kappa shape index (κ1) is 14.4. The normalized spacial score (nSPS) is 17.2. The van der Waals surface area contributed by atoms with E-state index in [0.29, 0.717) is 16.6 Å². The minimum atomic E-state index is -0.705. The summed E-state index contributed by atoms with van der Waals surface area (Å²) in [4.78, 5) is 11.6. The molecule has 1 aromatic carbocycles. The number of amides is 1. The molecule has 2 rings (SSSR count). The second-order valence-electron chi connectivity index (χ2n) is 4.83. The highest BCUT2D eigenvalue weighted by molar-refractivity contribution is 6.34. The van der Waals surface area contributed by atoms with Crippen LogP contribution in [0.1, 0.15) is 24.8 Å². The Balaban J connectivity index is 1.88. The van der Waals surface area contributed by atoms with Crippen LogP contribution >= 0.6 is 23.2 Å². The molecule has 0 unspecified atom stereocenters. The van der Waals surface area contributed by atoms with Gasteiger partial charge in [-0.1, -0.05) is 23.2 Å². The topological polar surface area (TPSA) is 49.3 Å². The highest BCUT2D eigenvalue weighted by atomic mass is 35.5. The Morgan fingerprint density at radius 2 is 1.95 bits per heavy atom. The van der Waals surface area contributed by atoms with E-state index in [0.717, 1.165) is 24.8 Å². The number of carbonyl (C=O) groups excluding carboxylic acids is 1. The summed E-state index contributed by atoms with van der Waals surface area (Å²) in [5, 5.41) is 13.6. The van der Waals surface area contributed by atoms with Crippen molar-refractivity contribution in [1.82, 2.24) is 5.32 Å². The molecule has 1 fully saturated rings. The number of aliphatic hydroxyl groups is 1. The van der Waals surface area contributed by atoms with Crippen molar-refractivity contribution in [2.24, 2.45) is 0 Å². The van der Waals surface area contributed by atoms with Crippen molar-refractivity contribution in [2.75, 3.05) is 6.54 Å². The van der Waals surface area contributed by atoms with Gasteiger partial charge in [-0.2, -0.15) is 0 Å². The van der Waals surface area contributed by atoms with Gasteiger partial charge in [0.15, 0.2) is 0 Å². The molecule has 1 aromatic rings. The van der Waals surface area contributed by atoms with Gasteiger partial charge >= 0.3 is 0 Å². The van der Waals surface area contributed by atoms with Crippen molar-refractivity contribution in [1.29, 1.82) is 0 Å². The summed E-state index contributed by atoms with van der Waals surface area (Å²) < 4.78 is 0. The van der Waals surface area contributed by atoms with Crippen LogP contribution < -0.4 is 5.32 Å². The van der Waals surface area contributed by atoms with E-state index in [9.17, 15) is 9.90 Å². The zero-order valence-electron chi connectivity index (χ0n) is 10.3. The van der Waals surface area contributed by atoms with Gasteiger partial charge in [-0.05, 0) is 49.1 Å². The molecule has 0 spiro atoms. The predicted octanol–water partition coefficient (Wildman–Crippen LogP) is 3.04. The third kappa shape index (κ3) is 4.23. The van der Waals surface area contributed by atoms with E-state index < -0.39 is 5.60 Å². The molecular formula is C14H15Cl2NO2. The van der Waals surface area contributed by atoms with Crippen LogP contribution in [0.2, 0.25) is 10.0 Å². The molecule has 1 aliphatic carbocycles. The molecule has 0 radical (unpaired) electrons. The van der Waals surface area contributed by atoms with E-state index in [1.807, 2.05) is 0 Å². The molecule has 5 heteroatoms. The number of carbonyl (C=O) groups is 1. The summed E-state index contributed by atoms with van der Waals surface area (Å²) in [5.41, 5.74) is 0.0538. The van der Waals surface area contributed by atoms with Crippen LogP contribution in [-0.4, -0.2) is 23.2 Å². The number of rotatable bonds is 4. The quantitative estimate of drug-likeness (QED) is 0.840. The van der Waals surface area contributed by atoms with E-state index in [4.69, 9.17) is 23.2 Å². The standard InChI is InChI=1S/C14H15Cl2NO2/c15-11-6-10(7-12(16)8-11)2-3-13(18)17-9-14(19)4-1-5-14/h2-3,6-8,19H,1,4-5,9H2,(H,17,18)/b3-2+. The smallest absolute Gasteiger partial charge is 0.244 e. The van der Waals surface area contributed by atoms with Gasteiger partial charge in [-0.15, -0.1) is 0 Å². The molecule has 0 bridgehead atoms. The molecule has 2 N–H and O–H groups in total. The Kier molecular flexibility index (Phi) is 4.50. The average molecular weight is 300 g/mol. The Morgan fingerprint density at radius 1 is 1.32 bits per heavy atom. The SMILES string of the molecule is O=C(/C=C/c1cc(Cl)cc(Cl)c1)NCC1(O)CCC1. The summed E-state index contributed by atoms with van der Waals surface area (Å²) in [6.45, 7) is 0.298. The molecule has 0 aromatic heterocycles. The second-order valence-corrected chi connectivity index (χ2v) is 5.70. The first-order valence-corrected chi connectivity index (χ1v) is 6.87. The largest absolute Gasteiger partial charge is 0.388 e. The highest BCUT2D eigenvalue weighted by Gasteiger charge is 2.34. The Bertz CT molecular complexity index is 490. The molecule has 0 atom stereocenters. The lowest BCUT2D eigenvalue weighted by Crippen LogP contribution is -2.47. The summed E-state index contributed by atoms with van der Waals surface area (Å²) in [5.74, 6) is -0.239. The molecule has 1 saturated carbocycles. The van der Waals surface area contributed by atoms with Crippen LogP contribution in [0.15, 0.2) is 24.3 Å². The van der Waals surface area contributed by atoms with Crippen molar-refractivity contribution >= 4 is 35.2 Å². The molecule has 0 heterocycles. The van der Waals surface area contributed by atoms with E-state index in [-0.39, 0.29) is 5.91 Å². The van der Waals surface area contributed by atoms with Gasteiger partial charge in [0.2, 0.25) is 5.91 Å².